The summed E-state index contributed by atoms with van der Waals surface area (Å²) in [4.78, 5) is 10.2. The topological polar surface area (TPSA) is 26.3 Å². The molecule has 10 heavy (non-hydrogen) atoms. The van der Waals surface area contributed by atoms with Crippen LogP contribution in [0.2, 0.25) is 0 Å². The van der Waals surface area contributed by atoms with Gasteiger partial charge in [-0.1, -0.05) is 20.3 Å². The van der Waals surface area contributed by atoms with Gasteiger partial charge in [-0.25, -0.2) is 9.18 Å². The zero-order valence-electron chi connectivity index (χ0n) is 6.39. The first-order valence-electron chi connectivity index (χ1n) is 3.42. The van der Waals surface area contributed by atoms with Crippen molar-refractivity contribution in [1.82, 2.24) is 0 Å². The largest absolute Gasteiger partial charge is 0.463 e. The minimum Gasteiger partial charge on any atom is -0.463 e. The molecule has 2 nitrogen and oxygen atoms in total. The van der Waals surface area contributed by atoms with Gasteiger partial charge in [-0.15, -0.1) is 0 Å². The monoisotopic (exact) mass is 148 g/mol. The molecule has 0 aliphatic rings. The maximum Gasteiger partial charge on any atom is 0.337 e. The maximum absolute atomic E-state index is 11.5. The minimum atomic E-state index is -1.02. The smallest absolute Gasteiger partial charge is 0.337 e. The van der Waals surface area contributed by atoms with Crippen molar-refractivity contribution in [2.45, 2.75) is 20.3 Å². The number of ether oxygens (including phenoxy) is 1. The first-order valence-corrected chi connectivity index (χ1v) is 3.42. The standard InChI is InChI=1S/C7H13FO2/c1-3-6(2)5-10-7(9)4-8/h6H,3-5H2,1-2H3/t6-/m0/s1. The summed E-state index contributed by atoms with van der Waals surface area (Å²) in [5, 5.41) is 0. The van der Waals surface area contributed by atoms with Crippen LogP contribution >= 0.6 is 0 Å². The number of hydrogen-bond donors (Lipinski definition) is 0. The van der Waals surface area contributed by atoms with Gasteiger partial charge in [0.1, 0.15) is 0 Å². The molecule has 60 valence electrons. The second-order valence-corrected chi connectivity index (χ2v) is 2.33. The molecular formula is C7H13FO2. The van der Waals surface area contributed by atoms with Crippen LogP contribution in [0, 0.1) is 5.92 Å². The summed E-state index contributed by atoms with van der Waals surface area (Å²) >= 11 is 0. The van der Waals surface area contributed by atoms with E-state index in [2.05, 4.69) is 4.74 Å². The molecular weight excluding hydrogens is 135 g/mol. The van der Waals surface area contributed by atoms with Gasteiger partial charge in [0.05, 0.1) is 6.61 Å². The number of hydrogen-bond acceptors (Lipinski definition) is 2. The van der Waals surface area contributed by atoms with Gasteiger partial charge in [-0.3, -0.25) is 0 Å². The second kappa shape index (κ2) is 5.21. The summed E-state index contributed by atoms with van der Waals surface area (Å²) in [6, 6.07) is 0. The van der Waals surface area contributed by atoms with Crippen molar-refractivity contribution in [2.24, 2.45) is 5.92 Å². The van der Waals surface area contributed by atoms with Crippen molar-refractivity contribution in [1.29, 1.82) is 0 Å². The van der Waals surface area contributed by atoms with Crippen LogP contribution in [0.4, 0.5) is 4.39 Å². The minimum absolute atomic E-state index is 0.329. The molecule has 0 aliphatic heterocycles. The summed E-state index contributed by atoms with van der Waals surface area (Å²) in [6.07, 6.45) is 0.944. The van der Waals surface area contributed by atoms with Gasteiger partial charge in [0.25, 0.3) is 0 Å². The number of rotatable bonds is 4. The van der Waals surface area contributed by atoms with E-state index in [-0.39, 0.29) is 0 Å². The van der Waals surface area contributed by atoms with E-state index in [4.69, 9.17) is 0 Å². The number of carbonyl (C=O) groups is 1. The Morgan fingerprint density at radius 2 is 2.30 bits per heavy atom. The zero-order valence-corrected chi connectivity index (χ0v) is 6.39. The van der Waals surface area contributed by atoms with Crippen molar-refractivity contribution in [3.63, 3.8) is 0 Å². The van der Waals surface area contributed by atoms with E-state index in [1.807, 2.05) is 13.8 Å². The lowest BCUT2D eigenvalue weighted by Crippen LogP contribution is -2.12. The third-order valence-corrected chi connectivity index (χ3v) is 1.33. The van der Waals surface area contributed by atoms with Gasteiger partial charge in [0, 0.05) is 0 Å². The summed E-state index contributed by atoms with van der Waals surface area (Å²) in [6.45, 7) is 3.26. The molecule has 1 atom stereocenters. The molecule has 0 aliphatic carbocycles. The lowest BCUT2D eigenvalue weighted by molar-refractivity contribution is -0.145. The molecule has 0 N–H and O–H groups in total. The Labute approximate surface area is 60.4 Å². The summed E-state index contributed by atoms with van der Waals surface area (Å²) in [5.41, 5.74) is 0. The van der Waals surface area contributed by atoms with Crippen LogP contribution in [-0.4, -0.2) is 19.3 Å². The Morgan fingerprint density at radius 1 is 1.70 bits per heavy atom. The van der Waals surface area contributed by atoms with Crippen LogP contribution in [0.15, 0.2) is 0 Å². The lowest BCUT2D eigenvalue weighted by atomic mass is 10.1. The lowest BCUT2D eigenvalue weighted by Gasteiger charge is -2.07. The normalized spacial score (nSPS) is 12.7. The van der Waals surface area contributed by atoms with Crippen LogP contribution in [-0.2, 0) is 9.53 Å². The van der Waals surface area contributed by atoms with Crippen molar-refractivity contribution in [2.75, 3.05) is 13.3 Å². The summed E-state index contributed by atoms with van der Waals surface area (Å²) in [7, 11) is 0. The first kappa shape index (κ1) is 9.40. The molecule has 0 aromatic rings. The average Bonchev–Trinajstić information content (AvgIpc) is 1.99. The number of carbonyl (C=O) groups excluding carboxylic acids is 1. The highest BCUT2D eigenvalue weighted by atomic mass is 19.1. The van der Waals surface area contributed by atoms with Crippen LogP contribution in [0.25, 0.3) is 0 Å². The summed E-state index contributed by atoms with van der Waals surface area (Å²) < 4.78 is 16.0. The van der Waals surface area contributed by atoms with E-state index in [0.717, 1.165) is 6.42 Å². The van der Waals surface area contributed by atoms with E-state index >= 15 is 0 Å². The predicted molar refractivity (Wildman–Crippen MR) is 36.4 cm³/mol. The van der Waals surface area contributed by atoms with Crippen molar-refractivity contribution >= 4 is 5.97 Å². The third kappa shape index (κ3) is 4.30. The third-order valence-electron chi connectivity index (χ3n) is 1.33. The van der Waals surface area contributed by atoms with Crippen LogP contribution < -0.4 is 0 Å². The van der Waals surface area contributed by atoms with Gasteiger partial charge in [-0.05, 0) is 5.92 Å². The Kier molecular flexibility index (Phi) is 4.89. The molecule has 0 rings (SSSR count). The zero-order chi connectivity index (χ0) is 7.98. The molecule has 0 unspecified atom stereocenters. The van der Waals surface area contributed by atoms with E-state index < -0.39 is 12.6 Å². The molecule has 0 spiro atoms. The van der Waals surface area contributed by atoms with Gasteiger partial charge in [-0.2, -0.15) is 0 Å². The molecule has 0 saturated heterocycles. The average molecular weight is 148 g/mol. The van der Waals surface area contributed by atoms with Gasteiger partial charge < -0.3 is 4.74 Å². The van der Waals surface area contributed by atoms with Crippen molar-refractivity contribution in [3.8, 4) is 0 Å². The quantitative estimate of drug-likeness (QED) is 0.565. The van der Waals surface area contributed by atoms with Crippen molar-refractivity contribution in [3.05, 3.63) is 0 Å². The van der Waals surface area contributed by atoms with Gasteiger partial charge >= 0.3 is 5.97 Å². The SMILES string of the molecule is CC[C@H](C)COC(=O)CF. The molecule has 0 amide bonds. The van der Waals surface area contributed by atoms with E-state index in [0.29, 0.717) is 12.5 Å². The van der Waals surface area contributed by atoms with E-state index in [1.54, 1.807) is 0 Å². The molecule has 0 heterocycles. The molecule has 0 radical (unpaired) electrons. The highest BCUT2D eigenvalue weighted by Crippen LogP contribution is 2.00. The predicted octanol–water partition coefficient (Wildman–Crippen LogP) is 1.55. The Balaban J connectivity index is 3.26. The highest BCUT2D eigenvalue weighted by Gasteiger charge is 2.03. The Hall–Kier alpha value is -0.600. The molecule has 0 fully saturated rings. The Morgan fingerprint density at radius 3 is 2.70 bits per heavy atom. The van der Waals surface area contributed by atoms with Crippen LogP contribution in [0.3, 0.4) is 0 Å². The fourth-order valence-electron chi connectivity index (χ4n) is 0.392. The highest BCUT2D eigenvalue weighted by molar-refractivity contribution is 5.70. The van der Waals surface area contributed by atoms with E-state index in [1.165, 1.54) is 0 Å². The van der Waals surface area contributed by atoms with Gasteiger partial charge in [0.2, 0.25) is 0 Å². The number of alkyl halides is 1. The summed E-state index contributed by atoms with van der Waals surface area (Å²) in [5.74, 6) is -0.434. The van der Waals surface area contributed by atoms with E-state index in [9.17, 15) is 9.18 Å². The fourth-order valence-corrected chi connectivity index (χ4v) is 0.392. The molecule has 0 saturated carbocycles. The second-order valence-electron chi connectivity index (χ2n) is 2.33. The Bertz CT molecular complexity index is 104. The number of esters is 1. The number of halogens is 1. The van der Waals surface area contributed by atoms with Crippen LogP contribution in [0.1, 0.15) is 20.3 Å². The molecule has 0 aromatic carbocycles. The molecule has 0 aromatic heterocycles. The maximum atomic E-state index is 11.5. The molecule has 3 heteroatoms. The fraction of sp³-hybridized carbons (Fsp3) is 0.857. The molecule has 0 bridgehead atoms. The van der Waals surface area contributed by atoms with Crippen molar-refractivity contribution < 1.29 is 13.9 Å². The first-order chi connectivity index (χ1) is 4.70. The van der Waals surface area contributed by atoms with Crippen LogP contribution in [0.5, 0.6) is 0 Å². The van der Waals surface area contributed by atoms with Gasteiger partial charge in [0.15, 0.2) is 6.67 Å².